The summed E-state index contributed by atoms with van der Waals surface area (Å²) in [6.45, 7) is 7.12. The highest BCUT2D eigenvalue weighted by Crippen LogP contribution is 2.26. The predicted molar refractivity (Wildman–Crippen MR) is 99.9 cm³/mol. The zero-order valence-corrected chi connectivity index (χ0v) is 15.4. The van der Waals surface area contributed by atoms with Gasteiger partial charge in [0, 0.05) is 23.7 Å². The van der Waals surface area contributed by atoms with E-state index in [4.69, 9.17) is 0 Å². The summed E-state index contributed by atoms with van der Waals surface area (Å²) < 4.78 is 0. The smallest absolute Gasteiger partial charge is 0.0528 e. The van der Waals surface area contributed by atoms with Gasteiger partial charge < -0.3 is 0 Å². The monoisotopic (exact) mass is 314 g/mol. The molecule has 1 rings (SSSR count). The Balaban J connectivity index is 2.27. The van der Waals surface area contributed by atoms with Crippen molar-refractivity contribution in [2.45, 2.75) is 57.8 Å². The van der Waals surface area contributed by atoms with Crippen molar-refractivity contribution in [3.63, 3.8) is 0 Å². The Morgan fingerprint density at radius 1 is 0.952 bits per heavy atom. The molecular formula is C19H26SSi. The summed E-state index contributed by atoms with van der Waals surface area (Å²) in [5.41, 5.74) is 1.05. The fourth-order valence-electron chi connectivity index (χ4n) is 2.55. The van der Waals surface area contributed by atoms with Crippen LogP contribution in [0.15, 0.2) is 30.3 Å². The largest absolute Gasteiger partial charge is 0.0903 e. The van der Waals surface area contributed by atoms with Gasteiger partial charge in [-0.3, -0.25) is 0 Å². The van der Waals surface area contributed by atoms with Gasteiger partial charge in [0.2, 0.25) is 0 Å². The van der Waals surface area contributed by atoms with Gasteiger partial charge in [0.1, 0.15) is 0 Å². The van der Waals surface area contributed by atoms with Crippen LogP contribution in [0.2, 0.25) is 24.2 Å². The van der Waals surface area contributed by atoms with Gasteiger partial charge in [-0.05, 0) is 29.1 Å². The van der Waals surface area contributed by atoms with Crippen molar-refractivity contribution in [1.82, 2.24) is 0 Å². The van der Waals surface area contributed by atoms with Crippen LogP contribution >= 0.6 is 11.8 Å². The van der Waals surface area contributed by atoms with Gasteiger partial charge in [0.15, 0.2) is 0 Å². The Kier molecular flexibility index (Phi) is 9.07. The van der Waals surface area contributed by atoms with E-state index in [-0.39, 0.29) is 0 Å². The average Bonchev–Trinajstić information content (AvgIpc) is 2.55. The molecule has 0 heterocycles. The first-order valence-corrected chi connectivity index (χ1v) is 11.6. The summed E-state index contributed by atoms with van der Waals surface area (Å²) in [4.78, 5) is 0. The van der Waals surface area contributed by atoms with Crippen molar-refractivity contribution in [1.29, 1.82) is 0 Å². The lowest BCUT2D eigenvalue weighted by molar-refractivity contribution is 0.926. The molecule has 0 radical (unpaired) electrons. The zero-order valence-electron chi connectivity index (χ0n) is 13.5. The number of benzene rings is 1. The minimum atomic E-state index is -0.939. The second-order valence-electron chi connectivity index (χ2n) is 5.39. The van der Waals surface area contributed by atoms with Gasteiger partial charge in [-0.25, -0.2) is 0 Å². The number of thioether (sulfide) groups is 1. The lowest BCUT2D eigenvalue weighted by Gasteiger charge is -2.27. The molecular weight excluding hydrogens is 288 g/mol. The maximum atomic E-state index is 3.25. The lowest BCUT2D eigenvalue weighted by Crippen LogP contribution is -2.30. The van der Waals surface area contributed by atoms with E-state index in [1.807, 2.05) is 30.3 Å². The van der Waals surface area contributed by atoms with Crippen molar-refractivity contribution >= 4 is 19.8 Å². The topological polar surface area (TPSA) is 0 Å². The summed E-state index contributed by atoms with van der Waals surface area (Å²) >= 11 is 1.41. The van der Waals surface area contributed by atoms with E-state index in [1.165, 1.54) is 42.4 Å². The van der Waals surface area contributed by atoms with E-state index in [2.05, 4.69) is 43.1 Å². The molecule has 0 aliphatic rings. The van der Waals surface area contributed by atoms with Crippen LogP contribution in [0.5, 0.6) is 0 Å². The number of hydrogen-bond acceptors (Lipinski definition) is 1. The second-order valence-corrected chi connectivity index (χ2v) is 11.6. The normalized spacial score (nSPS) is 10.2. The fraction of sp³-hybridized carbons (Fsp3) is 0.474. The van der Waals surface area contributed by atoms with E-state index in [1.54, 1.807) is 0 Å². The van der Waals surface area contributed by atoms with E-state index >= 15 is 0 Å². The maximum absolute atomic E-state index is 3.25. The molecule has 0 fully saturated rings. The Bertz CT molecular complexity index is 501. The highest BCUT2D eigenvalue weighted by Gasteiger charge is 2.25. The summed E-state index contributed by atoms with van der Waals surface area (Å²) in [7, 11) is -0.939. The molecule has 0 nitrogen and oxygen atoms in total. The standard InChI is InChI=1S/C19H26SSi/c1-4-21(5-2,6-3)18-12-8-11-16-20-17-15-19-13-9-7-10-14-19/h7,9-10,13-14H,4-6,8,12,18H2,1-3H3. The molecule has 0 spiro atoms. The van der Waals surface area contributed by atoms with E-state index in [0.717, 1.165) is 12.0 Å². The summed E-state index contributed by atoms with van der Waals surface area (Å²) in [6.07, 6.45) is 2.29. The van der Waals surface area contributed by atoms with Gasteiger partial charge >= 0.3 is 0 Å². The highest BCUT2D eigenvalue weighted by atomic mass is 32.2. The molecule has 1 aromatic rings. The molecule has 0 saturated carbocycles. The van der Waals surface area contributed by atoms with Crippen molar-refractivity contribution in [2.24, 2.45) is 0 Å². The molecule has 0 N–H and O–H groups in total. The predicted octanol–water partition coefficient (Wildman–Crippen LogP) is 5.98. The molecule has 0 atom stereocenters. The van der Waals surface area contributed by atoms with Crippen LogP contribution in [-0.2, 0) is 0 Å². The first-order chi connectivity index (χ1) is 10.3. The first kappa shape index (κ1) is 18.0. The van der Waals surface area contributed by atoms with Crippen LogP contribution in [0.4, 0.5) is 0 Å². The van der Waals surface area contributed by atoms with Gasteiger partial charge in [-0.2, -0.15) is 0 Å². The van der Waals surface area contributed by atoms with Crippen LogP contribution in [0.1, 0.15) is 39.2 Å². The molecule has 0 aliphatic heterocycles. The van der Waals surface area contributed by atoms with E-state index < -0.39 is 8.07 Å². The molecule has 0 aliphatic carbocycles. The molecule has 0 bridgehead atoms. The number of unbranched alkanes of at least 4 members (excludes halogenated alkanes) is 1. The minimum absolute atomic E-state index is 0.939. The lowest BCUT2D eigenvalue weighted by atomic mass is 10.2. The third-order valence-corrected chi connectivity index (χ3v) is 10.8. The summed E-state index contributed by atoms with van der Waals surface area (Å²) in [5.74, 6) is 6.35. The Morgan fingerprint density at radius 2 is 1.62 bits per heavy atom. The molecule has 0 unspecified atom stereocenters. The first-order valence-electron chi connectivity index (χ1n) is 7.96. The third kappa shape index (κ3) is 6.94. The quantitative estimate of drug-likeness (QED) is 0.354. The van der Waals surface area contributed by atoms with Crippen molar-refractivity contribution in [3.05, 3.63) is 35.9 Å². The molecule has 2 heteroatoms. The fourth-order valence-corrected chi connectivity index (χ4v) is 6.43. The molecule has 112 valence electrons. The van der Waals surface area contributed by atoms with E-state index in [0.29, 0.717) is 0 Å². The second kappa shape index (κ2) is 10.6. The van der Waals surface area contributed by atoms with E-state index in [9.17, 15) is 0 Å². The summed E-state index contributed by atoms with van der Waals surface area (Å²) in [6, 6.07) is 15.8. The molecule has 0 aromatic heterocycles. The maximum Gasteiger partial charge on any atom is 0.0528 e. The van der Waals surface area contributed by atoms with Gasteiger partial charge in [-0.15, -0.1) is 0 Å². The third-order valence-electron chi connectivity index (χ3n) is 4.40. The van der Waals surface area contributed by atoms with Gasteiger partial charge in [0.25, 0.3) is 0 Å². The van der Waals surface area contributed by atoms with Gasteiger partial charge in [-0.1, -0.05) is 75.0 Å². The van der Waals surface area contributed by atoms with Gasteiger partial charge in [0.05, 0.1) is 8.07 Å². The van der Waals surface area contributed by atoms with Crippen LogP contribution in [0.25, 0.3) is 0 Å². The number of rotatable bonds is 6. The number of hydrogen-bond donors (Lipinski definition) is 0. The molecule has 0 amide bonds. The minimum Gasteiger partial charge on any atom is -0.0903 e. The Hall–Kier alpha value is -1.09. The molecule has 21 heavy (non-hydrogen) atoms. The Morgan fingerprint density at radius 3 is 2.24 bits per heavy atom. The SMILES string of the molecule is CC[Si](CC)(CC)CCCC#CSC#Cc1ccccc1. The van der Waals surface area contributed by atoms with Crippen molar-refractivity contribution < 1.29 is 0 Å². The molecule has 1 aromatic carbocycles. The van der Waals surface area contributed by atoms with Crippen molar-refractivity contribution in [2.75, 3.05) is 0 Å². The van der Waals surface area contributed by atoms with Crippen LogP contribution in [0, 0.1) is 22.3 Å². The average molecular weight is 315 g/mol. The molecule has 0 saturated heterocycles. The Labute approximate surface area is 136 Å². The van der Waals surface area contributed by atoms with Crippen molar-refractivity contribution in [3.8, 4) is 22.3 Å². The highest BCUT2D eigenvalue weighted by molar-refractivity contribution is 8.08. The van der Waals surface area contributed by atoms with Crippen LogP contribution < -0.4 is 0 Å². The van der Waals surface area contributed by atoms with Crippen LogP contribution in [0.3, 0.4) is 0 Å². The van der Waals surface area contributed by atoms with Crippen LogP contribution in [-0.4, -0.2) is 8.07 Å². The zero-order chi connectivity index (χ0) is 15.4. The summed E-state index contributed by atoms with van der Waals surface area (Å²) in [5, 5.41) is 6.15.